The molecule has 1 rings (SSSR count). The van der Waals surface area contributed by atoms with Crippen molar-refractivity contribution < 1.29 is 23.1 Å². The van der Waals surface area contributed by atoms with E-state index in [2.05, 4.69) is 0 Å². The molecule has 0 aliphatic carbocycles. The van der Waals surface area contributed by atoms with E-state index in [1.54, 1.807) is 0 Å². The highest BCUT2D eigenvalue weighted by atomic mass is 19.4. The molecule has 1 heterocycles. The number of carbonyl (C=O) groups is 1. The van der Waals surface area contributed by atoms with E-state index in [4.69, 9.17) is 5.11 Å². The van der Waals surface area contributed by atoms with Gasteiger partial charge >= 0.3 is 12.1 Å². The third-order valence-corrected chi connectivity index (χ3v) is 1.89. The number of pyridine rings is 1. The van der Waals surface area contributed by atoms with Crippen LogP contribution >= 0.6 is 0 Å². The first kappa shape index (κ1) is 12.3. The summed E-state index contributed by atoms with van der Waals surface area (Å²) < 4.78 is 36.4. The van der Waals surface area contributed by atoms with Crippen LogP contribution in [0.25, 0.3) is 0 Å². The first-order chi connectivity index (χ1) is 7.31. The number of rotatable bonds is 3. The van der Waals surface area contributed by atoms with Crippen LogP contribution < -0.4 is 5.56 Å². The number of nitrogens with zero attached hydrogens (tertiary/aromatic N) is 1. The summed E-state index contributed by atoms with van der Waals surface area (Å²) in [6.07, 6.45) is -5.66. The van der Waals surface area contributed by atoms with Gasteiger partial charge in [-0.2, -0.15) is 13.2 Å². The van der Waals surface area contributed by atoms with Crippen molar-refractivity contribution in [1.29, 1.82) is 0 Å². The van der Waals surface area contributed by atoms with Crippen LogP contribution in [0.1, 0.15) is 16.9 Å². The lowest BCUT2D eigenvalue weighted by molar-refractivity contribution is -0.136. The van der Waals surface area contributed by atoms with E-state index in [1.807, 2.05) is 0 Å². The Balaban J connectivity index is 3.03. The van der Waals surface area contributed by atoms with Crippen LogP contribution in [0.5, 0.6) is 0 Å². The fourth-order valence-electron chi connectivity index (χ4n) is 1.18. The van der Waals surface area contributed by atoms with Gasteiger partial charge in [0, 0.05) is 12.6 Å². The molecule has 1 N–H and O–H groups in total. The monoisotopic (exact) mass is 235 g/mol. The second kappa shape index (κ2) is 4.38. The van der Waals surface area contributed by atoms with Gasteiger partial charge in [-0.3, -0.25) is 4.79 Å². The normalized spacial score (nSPS) is 11.4. The van der Waals surface area contributed by atoms with Crippen molar-refractivity contribution in [3.05, 3.63) is 34.2 Å². The van der Waals surface area contributed by atoms with Crippen molar-refractivity contribution in [2.75, 3.05) is 0 Å². The maximum Gasteiger partial charge on any atom is 0.390 e. The largest absolute Gasteiger partial charge is 0.477 e. The second-order valence-electron chi connectivity index (χ2n) is 3.07. The molecular weight excluding hydrogens is 227 g/mol. The molecule has 1 aromatic heterocycles. The molecule has 0 fully saturated rings. The van der Waals surface area contributed by atoms with E-state index in [1.165, 1.54) is 6.07 Å². The molecule has 0 saturated carbocycles. The number of aromatic carboxylic acids is 1. The van der Waals surface area contributed by atoms with Crippen LogP contribution in [0.15, 0.2) is 23.0 Å². The Morgan fingerprint density at radius 2 is 2.00 bits per heavy atom. The van der Waals surface area contributed by atoms with Gasteiger partial charge in [-0.25, -0.2) is 4.79 Å². The Bertz CT molecular complexity index is 450. The Kier molecular flexibility index (Phi) is 3.36. The summed E-state index contributed by atoms with van der Waals surface area (Å²) in [6, 6.07) is 3.29. The predicted octanol–water partition coefficient (Wildman–Crippen LogP) is 1.50. The molecule has 0 bridgehead atoms. The standard InChI is InChI=1S/C9H8F3NO3/c10-9(11,12)4-5-13-6(8(15)16)2-1-3-7(13)14/h1-3H,4-5H2,(H,15,16). The summed E-state index contributed by atoms with van der Waals surface area (Å²) in [4.78, 5) is 21.9. The molecule has 0 aliphatic heterocycles. The van der Waals surface area contributed by atoms with E-state index in [0.29, 0.717) is 4.57 Å². The van der Waals surface area contributed by atoms with Crippen molar-refractivity contribution in [3.63, 3.8) is 0 Å². The van der Waals surface area contributed by atoms with Gasteiger partial charge in [-0.15, -0.1) is 0 Å². The van der Waals surface area contributed by atoms with Gasteiger partial charge in [-0.1, -0.05) is 6.07 Å². The molecule has 0 aliphatic rings. The Labute approximate surface area is 87.9 Å². The van der Waals surface area contributed by atoms with Gasteiger partial charge < -0.3 is 9.67 Å². The van der Waals surface area contributed by atoms with E-state index in [0.717, 1.165) is 12.1 Å². The molecule has 0 spiro atoms. The first-order valence-electron chi connectivity index (χ1n) is 4.31. The van der Waals surface area contributed by atoms with Crippen LogP contribution in [0.2, 0.25) is 0 Å². The number of hydrogen-bond acceptors (Lipinski definition) is 2. The van der Waals surface area contributed by atoms with Crippen molar-refractivity contribution in [1.82, 2.24) is 4.57 Å². The molecule has 88 valence electrons. The lowest BCUT2D eigenvalue weighted by Gasteiger charge is -2.10. The first-order valence-corrected chi connectivity index (χ1v) is 4.31. The number of aromatic nitrogens is 1. The summed E-state index contributed by atoms with van der Waals surface area (Å²) in [5, 5.41) is 8.68. The van der Waals surface area contributed by atoms with Gasteiger partial charge in [0.2, 0.25) is 0 Å². The number of hydrogen-bond donors (Lipinski definition) is 1. The molecule has 0 aromatic carbocycles. The molecule has 4 nitrogen and oxygen atoms in total. The zero-order valence-electron chi connectivity index (χ0n) is 7.99. The third-order valence-electron chi connectivity index (χ3n) is 1.89. The van der Waals surface area contributed by atoms with Gasteiger partial charge in [0.1, 0.15) is 5.69 Å². The Morgan fingerprint density at radius 3 is 2.50 bits per heavy atom. The van der Waals surface area contributed by atoms with Gasteiger partial charge in [-0.05, 0) is 6.07 Å². The quantitative estimate of drug-likeness (QED) is 0.863. The fraction of sp³-hybridized carbons (Fsp3) is 0.333. The average Bonchev–Trinajstić information content (AvgIpc) is 2.13. The second-order valence-corrected chi connectivity index (χ2v) is 3.07. The highest BCUT2D eigenvalue weighted by Crippen LogP contribution is 2.20. The van der Waals surface area contributed by atoms with Crippen molar-refractivity contribution >= 4 is 5.97 Å². The third kappa shape index (κ3) is 3.11. The summed E-state index contributed by atoms with van der Waals surface area (Å²) >= 11 is 0. The highest BCUT2D eigenvalue weighted by molar-refractivity contribution is 5.85. The SMILES string of the molecule is O=C(O)c1cccc(=O)n1CCC(F)(F)F. The average molecular weight is 235 g/mol. The van der Waals surface area contributed by atoms with Crippen LogP contribution in [-0.4, -0.2) is 21.8 Å². The number of carboxylic acids is 1. The van der Waals surface area contributed by atoms with Crippen LogP contribution in [0.4, 0.5) is 13.2 Å². The van der Waals surface area contributed by atoms with E-state index >= 15 is 0 Å². The number of carboxylic acid groups (broad SMARTS) is 1. The Morgan fingerprint density at radius 1 is 1.38 bits per heavy atom. The van der Waals surface area contributed by atoms with Crippen molar-refractivity contribution in [3.8, 4) is 0 Å². The van der Waals surface area contributed by atoms with Crippen LogP contribution in [0.3, 0.4) is 0 Å². The van der Waals surface area contributed by atoms with Gasteiger partial charge in [0.25, 0.3) is 5.56 Å². The lowest BCUT2D eigenvalue weighted by Crippen LogP contribution is -2.27. The van der Waals surface area contributed by atoms with Crippen molar-refractivity contribution in [2.24, 2.45) is 0 Å². The van der Waals surface area contributed by atoms with E-state index in [-0.39, 0.29) is 0 Å². The van der Waals surface area contributed by atoms with Crippen LogP contribution in [-0.2, 0) is 6.54 Å². The maximum atomic E-state index is 11.9. The van der Waals surface area contributed by atoms with Crippen LogP contribution in [0, 0.1) is 0 Å². The summed E-state index contributed by atoms with van der Waals surface area (Å²) in [5.74, 6) is -1.43. The smallest absolute Gasteiger partial charge is 0.390 e. The summed E-state index contributed by atoms with van der Waals surface area (Å²) in [7, 11) is 0. The predicted molar refractivity (Wildman–Crippen MR) is 48.3 cm³/mol. The minimum absolute atomic E-state index is 0.447. The van der Waals surface area contributed by atoms with Gasteiger partial charge in [0.05, 0.1) is 6.42 Å². The van der Waals surface area contributed by atoms with E-state index < -0.39 is 36.4 Å². The molecular formula is C9H8F3NO3. The molecule has 16 heavy (non-hydrogen) atoms. The molecule has 0 unspecified atom stereocenters. The fourth-order valence-corrected chi connectivity index (χ4v) is 1.18. The molecule has 0 amide bonds. The minimum atomic E-state index is -4.43. The molecule has 0 saturated heterocycles. The maximum absolute atomic E-state index is 11.9. The molecule has 7 heteroatoms. The zero-order chi connectivity index (χ0) is 12.3. The lowest BCUT2D eigenvalue weighted by atomic mass is 10.3. The number of alkyl halides is 3. The minimum Gasteiger partial charge on any atom is -0.477 e. The summed E-state index contributed by atoms with van der Waals surface area (Å²) in [6.45, 7) is -0.690. The number of halogens is 3. The zero-order valence-corrected chi connectivity index (χ0v) is 7.99. The van der Waals surface area contributed by atoms with Gasteiger partial charge in [0.15, 0.2) is 0 Å². The summed E-state index contributed by atoms with van der Waals surface area (Å²) in [5.41, 5.74) is -1.21. The molecule has 1 aromatic rings. The molecule has 0 atom stereocenters. The molecule has 0 radical (unpaired) electrons. The highest BCUT2D eigenvalue weighted by Gasteiger charge is 2.27. The Hall–Kier alpha value is -1.79. The van der Waals surface area contributed by atoms with E-state index in [9.17, 15) is 22.8 Å². The topological polar surface area (TPSA) is 59.3 Å². The van der Waals surface area contributed by atoms with Crippen molar-refractivity contribution in [2.45, 2.75) is 19.1 Å².